The Morgan fingerprint density at radius 1 is 1.07 bits per heavy atom. The van der Waals surface area contributed by atoms with Gasteiger partial charge in [0.15, 0.2) is 0 Å². The molecular weight excluding hydrogens is 463 g/mol. The fourth-order valence-electron chi connectivity index (χ4n) is 3.03. The summed E-state index contributed by atoms with van der Waals surface area (Å²) in [4.78, 5) is 27.3. The number of halogens is 3. The third-order valence-electron chi connectivity index (χ3n) is 4.51. The van der Waals surface area contributed by atoms with Gasteiger partial charge in [0, 0.05) is 39.5 Å². The Balaban J connectivity index is 2.18. The van der Waals surface area contributed by atoms with E-state index in [9.17, 15) is 9.59 Å². The van der Waals surface area contributed by atoms with Gasteiger partial charge in [-0.2, -0.15) is 0 Å². The number of carbonyl (C=O) groups is 2. The Kier molecular flexibility index (Phi) is 10.3. The molecule has 2 rings (SSSR count). The lowest BCUT2D eigenvalue weighted by Crippen LogP contribution is -2.49. The summed E-state index contributed by atoms with van der Waals surface area (Å²) >= 11 is 20.2. The molecule has 0 saturated heterocycles. The second-order valence-corrected chi connectivity index (χ2v) is 8.90. The first-order valence-corrected chi connectivity index (χ1v) is 12.0. The molecule has 30 heavy (non-hydrogen) atoms. The van der Waals surface area contributed by atoms with Gasteiger partial charge in [0.05, 0.1) is 5.75 Å². The number of amides is 2. The van der Waals surface area contributed by atoms with Crippen LogP contribution in [0.25, 0.3) is 0 Å². The van der Waals surface area contributed by atoms with Gasteiger partial charge in [-0.15, -0.1) is 11.8 Å². The van der Waals surface area contributed by atoms with Crippen molar-refractivity contribution in [1.29, 1.82) is 0 Å². The first-order chi connectivity index (χ1) is 14.4. The maximum atomic E-state index is 13.1. The maximum Gasteiger partial charge on any atom is 0.242 e. The molecule has 0 aromatic heterocycles. The lowest BCUT2D eigenvalue weighted by Gasteiger charge is -2.31. The number of nitrogens with one attached hydrogen (secondary N) is 1. The monoisotopic (exact) mass is 486 g/mol. The average molecular weight is 488 g/mol. The zero-order valence-electron chi connectivity index (χ0n) is 17.0. The molecule has 1 N–H and O–H groups in total. The highest BCUT2D eigenvalue weighted by atomic mass is 35.5. The molecule has 0 bridgehead atoms. The van der Waals surface area contributed by atoms with Crippen molar-refractivity contribution in [3.05, 3.63) is 68.7 Å². The average Bonchev–Trinajstić information content (AvgIpc) is 2.70. The van der Waals surface area contributed by atoms with Crippen molar-refractivity contribution in [3.63, 3.8) is 0 Å². The van der Waals surface area contributed by atoms with E-state index in [0.717, 1.165) is 5.56 Å². The first kappa shape index (κ1) is 24.9. The van der Waals surface area contributed by atoms with Crippen LogP contribution in [0.1, 0.15) is 31.4 Å². The summed E-state index contributed by atoms with van der Waals surface area (Å²) in [6, 6.07) is 12.2. The number of likely N-dealkylation sites (N-methyl/N-ethyl adjacent to an activating group) is 1. The van der Waals surface area contributed by atoms with Gasteiger partial charge in [-0.05, 0) is 43.2 Å². The molecule has 0 spiro atoms. The zero-order chi connectivity index (χ0) is 22.1. The predicted octanol–water partition coefficient (Wildman–Crippen LogP) is 5.82. The van der Waals surface area contributed by atoms with Crippen LogP contribution in [-0.4, -0.2) is 35.1 Å². The molecule has 0 fully saturated rings. The van der Waals surface area contributed by atoms with Gasteiger partial charge in [-0.3, -0.25) is 9.59 Å². The molecule has 162 valence electrons. The molecule has 0 aliphatic carbocycles. The summed E-state index contributed by atoms with van der Waals surface area (Å²) in [5.74, 6) is 0.544. The number of nitrogens with zero attached hydrogens (tertiary/aromatic N) is 1. The van der Waals surface area contributed by atoms with Crippen molar-refractivity contribution in [2.45, 2.75) is 38.6 Å². The number of benzene rings is 2. The number of rotatable bonds is 10. The van der Waals surface area contributed by atoms with E-state index in [2.05, 4.69) is 5.32 Å². The van der Waals surface area contributed by atoms with E-state index in [-0.39, 0.29) is 24.1 Å². The predicted molar refractivity (Wildman–Crippen MR) is 127 cm³/mol. The number of hydrogen-bond donors (Lipinski definition) is 1. The quantitative estimate of drug-likeness (QED) is 0.459. The SMILES string of the molecule is CCNC(=O)[C@H](CC)N(Cc1c(Cl)cccc1Cl)C(=O)CSCc1cccc(Cl)c1. The number of hydrogen-bond acceptors (Lipinski definition) is 3. The van der Waals surface area contributed by atoms with Crippen LogP contribution in [0.5, 0.6) is 0 Å². The highest BCUT2D eigenvalue weighted by Crippen LogP contribution is 2.27. The summed E-state index contributed by atoms with van der Waals surface area (Å²) in [5.41, 5.74) is 1.67. The largest absolute Gasteiger partial charge is 0.355 e. The van der Waals surface area contributed by atoms with E-state index >= 15 is 0 Å². The van der Waals surface area contributed by atoms with Gasteiger partial charge in [-0.1, -0.05) is 59.9 Å². The second kappa shape index (κ2) is 12.5. The van der Waals surface area contributed by atoms with Crippen molar-refractivity contribution < 1.29 is 9.59 Å². The Morgan fingerprint density at radius 2 is 1.73 bits per heavy atom. The highest BCUT2D eigenvalue weighted by Gasteiger charge is 2.29. The Bertz CT molecular complexity index is 859. The zero-order valence-corrected chi connectivity index (χ0v) is 20.0. The summed E-state index contributed by atoms with van der Waals surface area (Å²) < 4.78 is 0. The van der Waals surface area contributed by atoms with Crippen LogP contribution in [0.2, 0.25) is 15.1 Å². The molecule has 0 heterocycles. The highest BCUT2D eigenvalue weighted by molar-refractivity contribution is 7.99. The molecule has 0 radical (unpaired) electrons. The van der Waals surface area contributed by atoms with Gasteiger partial charge >= 0.3 is 0 Å². The summed E-state index contributed by atoms with van der Waals surface area (Å²) in [5, 5.41) is 4.42. The van der Waals surface area contributed by atoms with Gasteiger partial charge in [0.1, 0.15) is 6.04 Å². The van der Waals surface area contributed by atoms with Gasteiger partial charge < -0.3 is 10.2 Å². The smallest absolute Gasteiger partial charge is 0.242 e. The lowest BCUT2D eigenvalue weighted by atomic mass is 10.1. The van der Waals surface area contributed by atoms with Crippen LogP contribution in [0.4, 0.5) is 0 Å². The van der Waals surface area contributed by atoms with E-state index in [1.165, 1.54) is 11.8 Å². The summed E-state index contributed by atoms with van der Waals surface area (Å²) in [6.07, 6.45) is 0.485. The lowest BCUT2D eigenvalue weighted by molar-refractivity contribution is -0.139. The van der Waals surface area contributed by atoms with Crippen LogP contribution >= 0.6 is 46.6 Å². The molecule has 0 aliphatic rings. The fraction of sp³-hybridized carbons (Fsp3) is 0.364. The minimum atomic E-state index is -0.600. The van der Waals surface area contributed by atoms with E-state index < -0.39 is 6.04 Å². The van der Waals surface area contributed by atoms with Gasteiger partial charge in [0.2, 0.25) is 11.8 Å². The van der Waals surface area contributed by atoms with Crippen LogP contribution in [0, 0.1) is 0 Å². The van der Waals surface area contributed by atoms with Gasteiger partial charge in [-0.25, -0.2) is 0 Å². The van der Waals surface area contributed by atoms with Crippen molar-refractivity contribution in [1.82, 2.24) is 10.2 Å². The molecule has 2 aromatic carbocycles. The second-order valence-electron chi connectivity index (χ2n) is 6.66. The van der Waals surface area contributed by atoms with Crippen molar-refractivity contribution >= 4 is 58.4 Å². The number of carbonyl (C=O) groups excluding carboxylic acids is 2. The Morgan fingerprint density at radius 3 is 2.33 bits per heavy atom. The summed E-state index contributed by atoms with van der Waals surface area (Å²) in [7, 11) is 0. The van der Waals surface area contributed by atoms with E-state index in [1.807, 2.05) is 38.1 Å². The third-order valence-corrected chi connectivity index (χ3v) is 6.44. The molecule has 0 saturated carbocycles. The minimum Gasteiger partial charge on any atom is -0.355 e. The van der Waals surface area contributed by atoms with Crippen LogP contribution in [0.15, 0.2) is 42.5 Å². The van der Waals surface area contributed by atoms with Crippen LogP contribution in [0.3, 0.4) is 0 Å². The Labute approximate surface area is 197 Å². The molecule has 2 aromatic rings. The van der Waals surface area contributed by atoms with Crippen molar-refractivity contribution in [3.8, 4) is 0 Å². The summed E-state index contributed by atoms with van der Waals surface area (Å²) in [6.45, 7) is 4.40. The minimum absolute atomic E-state index is 0.142. The molecule has 8 heteroatoms. The van der Waals surface area contributed by atoms with E-state index in [1.54, 1.807) is 23.1 Å². The standard InChI is InChI=1S/C22H25Cl3N2O2S/c1-3-20(22(29)26-4-2)27(12-17-18(24)9-6-10-19(17)25)21(28)14-30-13-15-7-5-8-16(23)11-15/h5-11,20H,3-4,12-14H2,1-2H3,(H,26,29)/t20-/m0/s1. The van der Waals surface area contributed by atoms with Crippen LogP contribution < -0.4 is 5.32 Å². The molecule has 2 amide bonds. The maximum absolute atomic E-state index is 13.1. The number of thioether (sulfide) groups is 1. The first-order valence-electron chi connectivity index (χ1n) is 9.69. The topological polar surface area (TPSA) is 49.4 Å². The third kappa shape index (κ3) is 7.09. The van der Waals surface area contributed by atoms with Crippen molar-refractivity contribution in [2.24, 2.45) is 0 Å². The van der Waals surface area contributed by atoms with E-state index in [4.69, 9.17) is 34.8 Å². The van der Waals surface area contributed by atoms with Crippen molar-refractivity contribution in [2.75, 3.05) is 12.3 Å². The molecule has 4 nitrogen and oxygen atoms in total. The normalized spacial score (nSPS) is 11.8. The Hall–Kier alpha value is -1.40. The van der Waals surface area contributed by atoms with Crippen LogP contribution in [-0.2, 0) is 21.9 Å². The molecule has 0 aliphatic heterocycles. The molecule has 1 atom stereocenters. The molecular formula is C22H25Cl3N2O2S. The van der Waals surface area contributed by atoms with Gasteiger partial charge in [0.25, 0.3) is 0 Å². The fourth-order valence-corrected chi connectivity index (χ4v) is 4.62. The van der Waals surface area contributed by atoms with E-state index in [0.29, 0.717) is 39.3 Å². The molecule has 0 unspecified atom stereocenters.